The fourth-order valence-corrected chi connectivity index (χ4v) is 2.64. The van der Waals surface area contributed by atoms with Crippen molar-refractivity contribution in [3.63, 3.8) is 0 Å². The monoisotopic (exact) mass is 324 g/mol. The van der Waals surface area contributed by atoms with Gasteiger partial charge in [0.05, 0.1) is 26.2 Å². The van der Waals surface area contributed by atoms with Crippen LogP contribution in [-0.4, -0.2) is 26.2 Å². The summed E-state index contributed by atoms with van der Waals surface area (Å²) in [6, 6.07) is 14.6. The summed E-state index contributed by atoms with van der Waals surface area (Å²) in [5.74, 6) is 0.293. The van der Waals surface area contributed by atoms with E-state index in [1.165, 1.54) is 0 Å². The van der Waals surface area contributed by atoms with Gasteiger partial charge in [0.25, 0.3) is 0 Å². The van der Waals surface area contributed by atoms with Crippen molar-refractivity contribution in [3.8, 4) is 11.5 Å². The summed E-state index contributed by atoms with van der Waals surface area (Å²) >= 11 is 0. The summed E-state index contributed by atoms with van der Waals surface area (Å²) in [5, 5.41) is 0. The Labute approximate surface area is 139 Å². The first-order valence-corrected chi connectivity index (χ1v) is 7.39. The van der Waals surface area contributed by atoms with Gasteiger partial charge in [-0.1, -0.05) is 24.3 Å². The molecular formula is C19H16O5. The van der Waals surface area contributed by atoms with Crippen molar-refractivity contribution in [3.05, 3.63) is 65.2 Å². The van der Waals surface area contributed by atoms with Crippen LogP contribution < -0.4 is 9.47 Å². The Morgan fingerprint density at radius 1 is 0.833 bits per heavy atom. The lowest BCUT2D eigenvalue weighted by atomic mass is 9.92. The second kappa shape index (κ2) is 6.58. The van der Waals surface area contributed by atoms with Gasteiger partial charge in [0.15, 0.2) is 0 Å². The zero-order valence-electron chi connectivity index (χ0n) is 13.4. The molecule has 2 aromatic rings. The summed E-state index contributed by atoms with van der Waals surface area (Å²) in [5.41, 5.74) is 2.65. The average Bonchev–Trinajstić information content (AvgIpc) is 2.94. The van der Waals surface area contributed by atoms with Crippen LogP contribution in [0.1, 0.15) is 17.5 Å². The normalized spacial score (nSPS) is 13.7. The molecule has 0 amide bonds. The molecule has 0 spiro atoms. The molecule has 1 saturated heterocycles. The number of hydrogen-bond donors (Lipinski definition) is 0. The van der Waals surface area contributed by atoms with Crippen molar-refractivity contribution in [2.75, 3.05) is 14.2 Å². The lowest BCUT2D eigenvalue weighted by Crippen LogP contribution is -2.01. The molecule has 2 aromatic carbocycles. The Morgan fingerprint density at radius 3 is 1.62 bits per heavy atom. The predicted octanol–water partition coefficient (Wildman–Crippen LogP) is 2.98. The molecule has 0 bridgehead atoms. The van der Waals surface area contributed by atoms with E-state index in [0.29, 0.717) is 22.6 Å². The van der Waals surface area contributed by atoms with Crippen LogP contribution in [0.5, 0.6) is 11.5 Å². The molecule has 0 atom stereocenters. The van der Waals surface area contributed by atoms with Crippen molar-refractivity contribution >= 4 is 17.5 Å². The molecule has 24 heavy (non-hydrogen) atoms. The number of ether oxygens (including phenoxy) is 3. The van der Waals surface area contributed by atoms with Gasteiger partial charge in [0.2, 0.25) is 0 Å². The Bertz CT molecular complexity index is 751. The summed E-state index contributed by atoms with van der Waals surface area (Å²) in [4.78, 5) is 23.6. The highest BCUT2D eigenvalue weighted by Gasteiger charge is 2.31. The van der Waals surface area contributed by atoms with Gasteiger partial charge in [-0.3, -0.25) is 4.79 Å². The molecular weight excluding hydrogens is 308 g/mol. The van der Waals surface area contributed by atoms with Crippen molar-refractivity contribution < 1.29 is 23.8 Å². The van der Waals surface area contributed by atoms with Crippen molar-refractivity contribution in [2.24, 2.45) is 0 Å². The van der Waals surface area contributed by atoms with Gasteiger partial charge in [0.1, 0.15) is 11.5 Å². The number of carbonyl (C=O) groups is 2. The topological polar surface area (TPSA) is 61.8 Å². The van der Waals surface area contributed by atoms with E-state index in [0.717, 1.165) is 11.1 Å². The minimum atomic E-state index is -0.596. The summed E-state index contributed by atoms with van der Waals surface area (Å²) in [6.45, 7) is 0. The minimum absolute atomic E-state index is 0.0355. The molecule has 0 aromatic heterocycles. The zero-order chi connectivity index (χ0) is 17.1. The van der Waals surface area contributed by atoms with E-state index in [4.69, 9.17) is 14.2 Å². The molecule has 0 aliphatic carbocycles. The average molecular weight is 324 g/mol. The highest BCUT2D eigenvalue weighted by atomic mass is 16.6. The van der Waals surface area contributed by atoms with Crippen LogP contribution in [0, 0.1) is 0 Å². The lowest BCUT2D eigenvalue weighted by molar-refractivity contribution is -0.151. The Morgan fingerprint density at radius 2 is 1.29 bits per heavy atom. The number of cyclic esters (lactones) is 2. The number of benzene rings is 2. The first-order valence-electron chi connectivity index (χ1n) is 7.39. The van der Waals surface area contributed by atoms with Gasteiger partial charge in [-0.15, -0.1) is 0 Å². The quantitative estimate of drug-likeness (QED) is 0.491. The first-order chi connectivity index (χ1) is 11.6. The van der Waals surface area contributed by atoms with Gasteiger partial charge in [0, 0.05) is 0 Å². The smallest absolute Gasteiger partial charge is 0.342 e. The van der Waals surface area contributed by atoms with Crippen LogP contribution in [0.4, 0.5) is 0 Å². The van der Waals surface area contributed by atoms with E-state index >= 15 is 0 Å². The molecule has 1 heterocycles. The standard InChI is InChI=1S/C19H16O5/c1-22-14-7-3-12(4-8-14)18(16-11-17(20)24-19(16)21)13-5-9-15(23-2)10-6-13/h3-10H,11H2,1-2H3. The minimum Gasteiger partial charge on any atom is -0.497 e. The third kappa shape index (κ3) is 3.01. The van der Waals surface area contributed by atoms with Crippen molar-refractivity contribution in [2.45, 2.75) is 6.42 Å². The van der Waals surface area contributed by atoms with Crippen LogP contribution >= 0.6 is 0 Å². The third-order valence-corrected chi connectivity index (χ3v) is 3.83. The van der Waals surface area contributed by atoms with Gasteiger partial charge < -0.3 is 14.2 Å². The number of hydrogen-bond acceptors (Lipinski definition) is 5. The number of methoxy groups -OCH3 is 2. The van der Waals surface area contributed by atoms with Crippen LogP contribution in [0.25, 0.3) is 5.57 Å². The molecule has 5 heteroatoms. The van der Waals surface area contributed by atoms with E-state index in [1.807, 2.05) is 48.5 Å². The van der Waals surface area contributed by atoms with E-state index in [1.54, 1.807) is 14.2 Å². The van der Waals surface area contributed by atoms with E-state index < -0.39 is 11.9 Å². The Hall–Kier alpha value is -3.08. The maximum absolute atomic E-state index is 12.1. The summed E-state index contributed by atoms with van der Waals surface area (Å²) < 4.78 is 15.0. The highest BCUT2D eigenvalue weighted by Crippen LogP contribution is 2.33. The first kappa shape index (κ1) is 15.8. The zero-order valence-corrected chi connectivity index (χ0v) is 13.4. The summed E-state index contributed by atoms with van der Waals surface area (Å²) in [6.07, 6.45) is -0.0355. The maximum atomic E-state index is 12.1. The van der Waals surface area contributed by atoms with Gasteiger partial charge in [-0.25, -0.2) is 4.79 Å². The Kier molecular flexibility index (Phi) is 4.33. The van der Waals surface area contributed by atoms with Gasteiger partial charge in [-0.2, -0.15) is 0 Å². The largest absolute Gasteiger partial charge is 0.497 e. The third-order valence-electron chi connectivity index (χ3n) is 3.83. The molecule has 1 fully saturated rings. The molecule has 0 saturated carbocycles. The van der Waals surface area contributed by atoms with Crippen LogP contribution in [0.3, 0.4) is 0 Å². The summed E-state index contributed by atoms with van der Waals surface area (Å²) in [7, 11) is 3.18. The molecule has 1 aliphatic heterocycles. The fraction of sp³-hybridized carbons (Fsp3) is 0.158. The van der Waals surface area contributed by atoms with E-state index in [2.05, 4.69) is 0 Å². The molecule has 3 rings (SSSR count). The van der Waals surface area contributed by atoms with E-state index in [9.17, 15) is 9.59 Å². The predicted molar refractivity (Wildman–Crippen MR) is 87.7 cm³/mol. The van der Waals surface area contributed by atoms with E-state index in [-0.39, 0.29) is 6.42 Å². The van der Waals surface area contributed by atoms with Crippen LogP contribution in [0.2, 0.25) is 0 Å². The highest BCUT2D eigenvalue weighted by molar-refractivity contribution is 6.12. The van der Waals surface area contributed by atoms with Crippen molar-refractivity contribution in [1.29, 1.82) is 0 Å². The second-order valence-electron chi connectivity index (χ2n) is 5.25. The van der Waals surface area contributed by atoms with Gasteiger partial charge in [-0.05, 0) is 41.0 Å². The lowest BCUT2D eigenvalue weighted by Gasteiger charge is -2.12. The molecule has 0 unspecified atom stereocenters. The molecule has 0 N–H and O–H groups in total. The molecule has 122 valence electrons. The maximum Gasteiger partial charge on any atom is 0.342 e. The van der Waals surface area contributed by atoms with Crippen LogP contribution in [-0.2, 0) is 14.3 Å². The fourth-order valence-electron chi connectivity index (χ4n) is 2.64. The Balaban J connectivity index is 2.14. The molecule has 0 radical (unpaired) electrons. The molecule has 5 nitrogen and oxygen atoms in total. The number of rotatable bonds is 4. The van der Waals surface area contributed by atoms with Crippen LogP contribution in [0.15, 0.2) is 54.1 Å². The number of esters is 2. The van der Waals surface area contributed by atoms with Crippen molar-refractivity contribution in [1.82, 2.24) is 0 Å². The van der Waals surface area contributed by atoms with Gasteiger partial charge >= 0.3 is 11.9 Å². The molecule has 1 aliphatic rings. The second-order valence-corrected chi connectivity index (χ2v) is 5.25. The number of carbonyl (C=O) groups excluding carboxylic acids is 2. The SMILES string of the molecule is COc1ccc(C(=C2CC(=O)OC2=O)c2ccc(OC)cc2)cc1.